The van der Waals surface area contributed by atoms with Gasteiger partial charge < -0.3 is 24.8 Å². The minimum Gasteiger partial charge on any atom is -0.491 e. The largest absolute Gasteiger partial charge is 0.491 e. The van der Waals surface area contributed by atoms with Gasteiger partial charge in [0.2, 0.25) is 0 Å². The smallest absolute Gasteiger partial charge is 0.303 e. The van der Waals surface area contributed by atoms with E-state index in [0.717, 1.165) is 19.3 Å². The molecule has 29 heavy (non-hydrogen) atoms. The third-order valence-electron chi connectivity index (χ3n) is 6.07. The van der Waals surface area contributed by atoms with Crippen molar-refractivity contribution < 1.29 is 29.6 Å². The monoisotopic (exact) mass is 404 g/mol. The quantitative estimate of drug-likeness (QED) is 0.548. The molecule has 1 aliphatic heterocycles. The minimum atomic E-state index is -0.750. The van der Waals surface area contributed by atoms with E-state index in [4.69, 9.17) is 14.6 Å². The summed E-state index contributed by atoms with van der Waals surface area (Å²) in [5, 5.41) is 29.5. The highest BCUT2D eigenvalue weighted by Gasteiger charge is 2.43. The first-order chi connectivity index (χ1) is 14.0. The molecule has 2 fully saturated rings. The van der Waals surface area contributed by atoms with Crippen LogP contribution in [0.1, 0.15) is 38.5 Å². The van der Waals surface area contributed by atoms with E-state index in [1.807, 2.05) is 36.4 Å². The van der Waals surface area contributed by atoms with Gasteiger partial charge in [0, 0.05) is 25.4 Å². The fourth-order valence-electron chi connectivity index (χ4n) is 4.50. The van der Waals surface area contributed by atoms with Crippen molar-refractivity contribution in [1.29, 1.82) is 0 Å². The average molecular weight is 405 g/mol. The topological polar surface area (TPSA) is 96.2 Å². The lowest BCUT2D eigenvalue weighted by Crippen LogP contribution is -2.22. The van der Waals surface area contributed by atoms with Crippen molar-refractivity contribution in [3.05, 3.63) is 42.5 Å². The van der Waals surface area contributed by atoms with Crippen molar-refractivity contribution in [2.45, 2.75) is 56.8 Å². The van der Waals surface area contributed by atoms with Gasteiger partial charge in [-0.1, -0.05) is 30.4 Å². The first kappa shape index (κ1) is 21.8. The number of rotatable bonds is 9. The van der Waals surface area contributed by atoms with Crippen molar-refractivity contribution in [1.82, 2.24) is 0 Å². The van der Waals surface area contributed by atoms with Crippen LogP contribution in [0.25, 0.3) is 0 Å². The zero-order valence-electron chi connectivity index (χ0n) is 16.7. The number of ether oxygens (including phenoxy) is 2. The Kier molecular flexibility index (Phi) is 8.09. The summed E-state index contributed by atoms with van der Waals surface area (Å²) in [7, 11) is 0. The fourth-order valence-corrected chi connectivity index (χ4v) is 4.50. The summed E-state index contributed by atoms with van der Waals surface area (Å²) in [6.07, 6.45) is 6.75. The van der Waals surface area contributed by atoms with Crippen molar-refractivity contribution in [3.63, 3.8) is 0 Å². The number of fused-ring (bicyclic) bond motifs is 1. The third-order valence-corrected chi connectivity index (χ3v) is 6.07. The first-order valence-electron chi connectivity index (χ1n) is 10.6. The molecule has 2 unspecified atom stereocenters. The summed E-state index contributed by atoms with van der Waals surface area (Å²) < 4.78 is 11.7. The predicted octanol–water partition coefficient (Wildman–Crippen LogP) is 3.03. The van der Waals surface area contributed by atoms with E-state index in [0.29, 0.717) is 31.1 Å². The van der Waals surface area contributed by atoms with Crippen LogP contribution in [0.3, 0.4) is 0 Å². The average Bonchev–Trinajstić information content (AvgIpc) is 2.87. The summed E-state index contributed by atoms with van der Waals surface area (Å²) in [6, 6.07) is 9.36. The lowest BCUT2D eigenvalue weighted by Gasteiger charge is -2.21. The second-order valence-electron chi connectivity index (χ2n) is 8.22. The SMILES string of the molecule is O=C(O)CCCC1CC[C@@H]2[C@@H](C=CC(O)COc3ccccc3)[C@H](O)C[C@@H]2OC1. The fraction of sp³-hybridized carbons (Fsp3) is 0.609. The van der Waals surface area contributed by atoms with Crippen LogP contribution in [0, 0.1) is 17.8 Å². The van der Waals surface area contributed by atoms with Crippen molar-refractivity contribution >= 4 is 5.97 Å². The lowest BCUT2D eigenvalue weighted by atomic mass is 9.86. The number of carboxylic acids is 1. The van der Waals surface area contributed by atoms with Crippen molar-refractivity contribution in [2.24, 2.45) is 17.8 Å². The number of aliphatic carboxylic acids is 1. The Morgan fingerprint density at radius 2 is 2.07 bits per heavy atom. The van der Waals surface area contributed by atoms with Gasteiger partial charge in [0.1, 0.15) is 18.5 Å². The predicted molar refractivity (Wildman–Crippen MR) is 109 cm³/mol. The standard InChI is InChI=1S/C23H32O6/c24-17(15-28-18-6-2-1-3-7-18)10-12-19-20-11-9-16(5-4-8-23(26)27)14-29-22(20)13-21(19)25/h1-3,6-7,10,12,16-17,19-22,24-25H,4-5,8-9,11,13-15H2,(H,26,27)/t16?,17?,19-,20-,21-,22+/m1/s1. The number of hydrogen-bond donors (Lipinski definition) is 3. The Labute approximate surface area is 172 Å². The summed E-state index contributed by atoms with van der Waals surface area (Å²) in [6.45, 7) is 0.803. The second kappa shape index (κ2) is 10.8. The zero-order chi connectivity index (χ0) is 20.6. The first-order valence-corrected chi connectivity index (χ1v) is 10.6. The Bertz CT molecular complexity index is 661. The van der Waals surface area contributed by atoms with Crippen LogP contribution >= 0.6 is 0 Å². The highest BCUT2D eigenvalue weighted by molar-refractivity contribution is 5.66. The van der Waals surface area contributed by atoms with Crippen LogP contribution in [0.2, 0.25) is 0 Å². The maximum Gasteiger partial charge on any atom is 0.303 e. The minimum absolute atomic E-state index is 0.0295. The molecular weight excluding hydrogens is 372 g/mol. The van der Waals surface area contributed by atoms with E-state index < -0.39 is 18.2 Å². The van der Waals surface area contributed by atoms with Gasteiger partial charge in [0.15, 0.2) is 0 Å². The summed E-state index contributed by atoms with van der Waals surface area (Å²) in [5.41, 5.74) is 0. The van der Waals surface area contributed by atoms with Gasteiger partial charge in [-0.25, -0.2) is 0 Å². The van der Waals surface area contributed by atoms with Crippen LogP contribution in [0.15, 0.2) is 42.5 Å². The molecule has 0 spiro atoms. The second-order valence-corrected chi connectivity index (χ2v) is 8.22. The van der Waals surface area contributed by atoms with Gasteiger partial charge in [-0.15, -0.1) is 0 Å². The molecule has 6 atom stereocenters. The molecule has 1 saturated carbocycles. The highest BCUT2D eigenvalue weighted by atomic mass is 16.5. The van der Waals surface area contributed by atoms with E-state index in [2.05, 4.69) is 0 Å². The number of para-hydroxylation sites is 1. The molecule has 0 bridgehead atoms. The van der Waals surface area contributed by atoms with E-state index in [-0.39, 0.29) is 31.0 Å². The van der Waals surface area contributed by atoms with Crippen LogP contribution in [0.5, 0.6) is 5.75 Å². The summed E-state index contributed by atoms with van der Waals surface area (Å²) in [5.74, 6) is 0.537. The molecule has 3 rings (SSSR count). The molecule has 160 valence electrons. The van der Waals surface area contributed by atoms with Gasteiger partial charge >= 0.3 is 5.97 Å². The molecule has 3 N–H and O–H groups in total. The number of aliphatic hydroxyl groups is 2. The maximum atomic E-state index is 10.7. The molecule has 6 nitrogen and oxygen atoms in total. The molecule has 2 aliphatic rings. The number of hydrogen-bond acceptors (Lipinski definition) is 5. The van der Waals surface area contributed by atoms with Gasteiger partial charge in [0.25, 0.3) is 0 Å². The molecule has 1 saturated heterocycles. The number of carbonyl (C=O) groups is 1. The Morgan fingerprint density at radius 1 is 1.28 bits per heavy atom. The molecule has 0 radical (unpaired) electrons. The molecule has 0 aromatic heterocycles. The highest BCUT2D eigenvalue weighted by Crippen LogP contribution is 2.42. The normalized spacial score (nSPS) is 30.6. The molecule has 6 heteroatoms. The molecule has 1 aromatic rings. The van der Waals surface area contributed by atoms with Crippen molar-refractivity contribution in [2.75, 3.05) is 13.2 Å². The van der Waals surface area contributed by atoms with Crippen LogP contribution < -0.4 is 4.74 Å². The Morgan fingerprint density at radius 3 is 2.83 bits per heavy atom. The van der Waals surface area contributed by atoms with E-state index in [9.17, 15) is 15.0 Å². The van der Waals surface area contributed by atoms with Crippen LogP contribution in [0.4, 0.5) is 0 Å². The molecule has 1 heterocycles. The number of aliphatic hydroxyl groups excluding tert-OH is 2. The van der Waals surface area contributed by atoms with Gasteiger partial charge in [-0.2, -0.15) is 0 Å². The molecule has 1 aliphatic carbocycles. The molecule has 0 amide bonds. The number of carboxylic acid groups (broad SMARTS) is 1. The summed E-state index contributed by atoms with van der Waals surface area (Å²) in [4.78, 5) is 10.7. The molecule has 1 aromatic carbocycles. The Balaban J connectivity index is 1.49. The Hall–Kier alpha value is -1.89. The van der Waals surface area contributed by atoms with E-state index >= 15 is 0 Å². The van der Waals surface area contributed by atoms with E-state index in [1.165, 1.54) is 0 Å². The van der Waals surface area contributed by atoms with Gasteiger partial charge in [-0.05, 0) is 49.7 Å². The van der Waals surface area contributed by atoms with Gasteiger partial charge in [-0.3, -0.25) is 4.79 Å². The molecular formula is C23H32O6. The van der Waals surface area contributed by atoms with E-state index in [1.54, 1.807) is 6.08 Å². The van der Waals surface area contributed by atoms with Crippen LogP contribution in [-0.2, 0) is 9.53 Å². The van der Waals surface area contributed by atoms with Crippen molar-refractivity contribution in [3.8, 4) is 5.75 Å². The lowest BCUT2D eigenvalue weighted by molar-refractivity contribution is -0.137. The summed E-state index contributed by atoms with van der Waals surface area (Å²) >= 11 is 0. The third kappa shape index (κ3) is 6.56. The zero-order valence-corrected chi connectivity index (χ0v) is 16.7. The maximum absolute atomic E-state index is 10.7. The van der Waals surface area contributed by atoms with Crippen LogP contribution in [-0.4, -0.2) is 52.8 Å². The van der Waals surface area contributed by atoms with Gasteiger partial charge in [0.05, 0.1) is 12.2 Å². The number of benzene rings is 1.